The summed E-state index contributed by atoms with van der Waals surface area (Å²) in [6.07, 6.45) is 1.90. The SMILES string of the molecule is Brc1cn(-c2csc(N3CCNCC3)n2)c(Br)n1. The number of aromatic nitrogens is 3. The summed E-state index contributed by atoms with van der Waals surface area (Å²) in [5.74, 6) is 0.901. The second kappa shape index (κ2) is 5.28. The van der Waals surface area contributed by atoms with Gasteiger partial charge in [-0.25, -0.2) is 9.97 Å². The average molecular weight is 393 g/mol. The first-order valence-corrected chi connectivity index (χ1v) is 8.02. The highest BCUT2D eigenvalue weighted by molar-refractivity contribution is 9.11. The number of nitrogens with zero attached hydrogens (tertiary/aromatic N) is 4. The van der Waals surface area contributed by atoms with E-state index in [1.54, 1.807) is 11.3 Å². The number of thiazole rings is 1. The van der Waals surface area contributed by atoms with E-state index in [1.807, 2.05) is 10.8 Å². The quantitative estimate of drug-likeness (QED) is 0.851. The van der Waals surface area contributed by atoms with E-state index in [4.69, 9.17) is 0 Å². The minimum Gasteiger partial charge on any atom is -0.345 e. The largest absolute Gasteiger partial charge is 0.345 e. The molecule has 0 radical (unpaired) electrons. The smallest absolute Gasteiger partial charge is 0.187 e. The molecular weight excluding hydrogens is 382 g/mol. The lowest BCUT2D eigenvalue weighted by molar-refractivity contribution is 0.588. The third-order valence-electron chi connectivity index (χ3n) is 2.75. The van der Waals surface area contributed by atoms with Crippen molar-refractivity contribution in [2.24, 2.45) is 0 Å². The van der Waals surface area contributed by atoms with Crippen molar-refractivity contribution in [1.82, 2.24) is 19.9 Å². The molecule has 2 aromatic rings. The van der Waals surface area contributed by atoms with E-state index in [0.717, 1.165) is 46.5 Å². The Bertz CT molecular complexity index is 546. The number of anilines is 1. The van der Waals surface area contributed by atoms with Crippen LogP contribution in [0.1, 0.15) is 0 Å². The van der Waals surface area contributed by atoms with Gasteiger partial charge < -0.3 is 10.2 Å². The van der Waals surface area contributed by atoms with Gasteiger partial charge in [0.25, 0.3) is 0 Å². The summed E-state index contributed by atoms with van der Waals surface area (Å²) >= 11 is 8.45. The maximum absolute atomic E-state index is 4.67. The van der Waals surface area contributed by atoms with Gasteiger partial charge in [0.15, 0.2) is 15.7 Å². The lowest BCUT2D eigenvalue weighted by Crippen LogP contribution is -2.43. The van der Waals surface area contributed by atoms with Gasteiger partial charge in [-0.1, -0.05) is 0 Å². The van der Waals surface area contributed by atoms with Gasteiger partial charge >= 0.3 is 0 Å². The molecule has 2 aromatic heterocycles. The van der Waals surface area contributed by atoms with Crippen molar-refractivity contribution in [3.05, 3.63) is 20.9 Å². The maximum Gasteiger partial charge on any atom is 0.187 e. The highest BCUT2D eigenvalue weighted by Crippen LogP contribution is 2.26. The van der Waals surface area contributed by atoms with Gasteiger partial charge in [0.2, 0.25) is 0 Å². The van der Waals surface area contributed by atoms with Gasteiger partial charge in [0, 0.05) is 37.8 Å². The molecule has 3 rings (SSSR count). The van der Waals surface area contributed by atoms with Crippen molar-refractivity contribution in [3.63, 3.8) is 0 Å². The predicted molar refractivity (Wildman–Crippen MR) is 79.7 cm³/mol. The van der Waals surface area contributed by atoms with Crippen LogP contribution < -0.4 is 10.2 Å². The Kier molecular flexibility index (Phi) is 3.69. The lowest BCUT2D eigenvalue weighted by atomic mass is 10.4. The molecule has 0 amide bonds. The summed E-state index contributed by atoms with van der Waals surface area (Å²) in [7, 11) is 0. The minimum atomic E-state index is 0.756. The summed E-state index contributed by atoms with van der Waals surface area (Å²) in [6.45, 7) is 4.08. The molecule has 96 valence electrons. The molecule has 5 nitrogen and oxygen atoms in total. The van der Waals surface area contributed by atoms with Crippen molar-refractivity contribution in [3.8, 4) is 5.82 Å². The van der Waals surface area contributed by atoms with Crippen LogP contribution in [0.3, 0.4) is 0 Å². The Labute approximate surface area is 125 Å². The first kappa shape index (κ1) is 12.6. The van der Waals surface area contributed by atoms with Crippen LogP contribution in [0.5, 0.6) is 0 Å². The van der Waals surface area contributed by atoms with E-state index < -0.39 is 0 Å². The first-order chi connectivity index (χ1) is 8.74. The Morgan fingerprint density at radius 2 is 2.00 bits per heavy atom. The molecule has 1 fully saturated rings. The summed E-state index contributed by atoms with van der Waals surface area (Å²) in [5.41, 5.74) is 0. The fourth-order valence-electron chi connectivity index (χ4n) is 1.86. The third kappa shape index (κ3) is 2.47. The van der Waals surface area contributed by atoms with Crippen LogP contribution in [0, 0.1) is 0 Å². The van der Waals surface area contributed by atoms with E-state index in [2.05, 4.69) is 57.4 Å². The summed E-state index contributed by atoms with van der Waals surface area (Å²) in [5, 5.41) is 6.47. The normalized spacial score (nSPS) is 16.2. The van der Waals surface area contributed by atoms with E-state index in [1.165, 1.54) is 0 Å². The fraction of sp³-hybridized carbons (Fsp3) is 0.400. The van der Waals surface area contributed by atoms with E-state index >= 15 is 0 Å². The van der Waals surface area contributed by atoms with Crippen LogP contribution in [-0.2, 0) is 0 Å². The number of piperazine rings is 1. The summed E-state index contributed by atoms with van der Waals surface area (Å²) in [4.78, 5) is 11.2. The molecule has 0 spiro atoms. The van der Waals surface area contributed by atoms with Crippen molar-refractivity contribution < 1.29 is 0 Å². The molecule has 0 aromatic carbocycles. The summed E-state index contributed by atoms with van der Waals surface area (Å²) < 4.78 is 3.48. The number of nitrogens with one attached hydrogen (secondary N) is 1. The van der Waals surface area contributed by atoms with Crippen LogP contribution in [0.2, 0.25) is 0 Å². The zero-order valence-electron chi connectivity index (χ0n) is 9.44. The van der Waals surface area contributed by atoms with Crippen molar-refractivity contribution in [2.45, 2.75) is 0 Å². The van der Waals surface area contributed by atoms with E-state index in [-0.39, 0.29) is 0 Å². The minimum absolute atomic E-state index is 0.756. The zero-order valence-corrected chi connectivity index (χ0v) is 13.4. The maximum atomic E-state index is 4.67. The third-order valence-corrected chi connectivity index (χ3v) is 4.58. The molecule has 3 heterocycles. The van der Waals surface area contributed by atoms with Crippen LogP contribution >= 0.6 is 43.2 Å². The van der Waals surface area contributed by atoms with Crippen LogP contribution in [-0.4, -0.2) is 40.7 Å². The van der Waals surface area contributed by atoms with Gasteiger partial charge in [0.05, 0.1) is 0 Å². The van der Waals surface area contributed by atoms with Crippen LogP contribution in [0.15, 0.2) is 20.9 Å². The van der Waals surface area contributed by atoms with Crippen LogP contribution in [0.4, 0.5) is 5.13 Å². The summed E-state index contributed by atoms with van der Waals surface area (Å²) in [6, 6.07) is 0. The molecule has 1 aliphatic rings. The second-order valence-corrected chi connectivity index (χ2v) is 6.29. The predicted octanol–water partition coefficient (Wildman–Crippen LogP) is 2.26. The molecule has 0 bridgehead atoms. The number of imidazole rings is 1. The molecule has 18 heavy (non-hydrogen) atoms. The molecule has 0 atom stereocenters. The molecule has 0 aliphatic carbocycles. The van der Waals surface area contributed by atoms with Gasteiger partial charge in [0.1, 0.15) is 4.60 Å². The second-order valence-electron chi connectivity index (χ2n) is 3.93. The zero-order chi connectivity index (χ0) is 12.5. The van der Waals surface area contributed by atoms with E-state index in [9.17, 15) is 0 Å². The average Bonchev–Trinajstić information content (AvgIpc) is 2.97. The molecular formula is C10H11Br2N5S. The number of rotatable bonds is 2. The van der Waals surface area contributed by atoms with Gasteiger partial charge in [-0.2, -0.15) is 0 Å². The molecule has 0 saturated carbocycles. The lowest BCUT2D eigenvalue weighted by Gasteiger charge is -2.26. The topological polar surface area (TPSA) is 46.0 Å². The number of hydrogen-bond donors (Lipinski definition) is 1. The van der Waals surface area contributed by atoms with Gasteiger partial charge in [-0.3, -0.25) is 4.57 Å². The van der Waals surface area contributed by atoms with Gasteiger partial charge in [-0.15, -0.1) is 11.3 Å². The number of halogens is 2. The van der Waals surface area contributed by atoms with E-state index in [0.29, 0.717) is 0 Å². The van der Waals surface area contributed by atoms with Crippen molar-refractivity contribution in [2.75, 3.05) is 31.1 Å². The Morgan fingerprint density at radius 3 is 2.67 bits per heavy atom. The van der Waals surface area contributed by atoms with Gasteiger partial charge in [-0.05, 0) is 31.9 Å². The Balaban J connectivity index is 1.86. The highest BCUT2D eigenvalue weighted by atomic mass is 79.9. The molecule has 1 N–H and O–H groups in total. The molecule has 0 unspecified atom stereocenters. The van der Waals surface area contributed by atoms with Crippen LogP contribution in [0.25, 0.3) is 5.82 Å². The Hall–Kier alpha value is -0.440. The van der Waals surface area contributed by atoms with Crippen molar-refractivity contribution in [1.29, 1.82) is 0 Å². The molecule has 8 heteroatoms. The number of hydrogen-bond acceptors (Lipinski definition) is 5. The molecule has 1 saturated heterocycles. The monoisotopic (exact) mass is 391 g/mol. The fourth-order valence-corrected chi connectivity index (χ4v) is 3.80. The first-order valence-electron chi connectivity index (χ1n) is 5.56. The molecule has 1 aliphatic heterocycles. The van der Waals surface area contributed by atoms with Crippen molar-refractivity contribution >= 4 is 48.3 Å². The standard InChI is InChI=1S/C10H11Br2N5S/c11-7-5-17(9(12)14-7)8-6-18-10(15-8)16-3-1-13-2-4-16/h5-6,13H,1-4H2. The highest BCUT2D eigenvalue weighted by Gasteiger charge is 2.15. The Morgan fingerprint density at radius 1 is 1.22 bits per heavy atom.